The molecular weight excluding hydrogens is 333 g/mol. The van der Waals surface area contributed by atoms with Gasteiger partial charge in [-0.2, -0.15) is 0 Å². The second kappa shape index (κ2) is 9.07. The van der Waals surface area contributed by atoms with E-state index in [2.05, 4.69) is 9.80 Å². The first-order valence-corrected chi connectivity index (χ1v) is 9.01. The summed E-state index contributed by atoms with van der Waals surface area (Å²) >= 11 is 0. The summed E-state index contributed by atoms with van der Waals surface area (Å²) < 4.78 is 20.1. The molecule has 1 aliphatic heterocycles. The number of piperazine rings is 1. The van der Waals surface area contributed by atoms with Gasteiger partial charge in [0.1, 0.15) is 5.82 Å². The van der Waals surface area contributed by atoms with E-state index >= 15 is 0 Å². The predicted octanol–water partition coefficient (Wildman–Crippen LogP) is 1.95. The highest BCUT2D eigenvalue weighted by Crippen LogP contribution is 2.12. The molecule has 0 saturated carbocycles. The highest BCUT2D eigenvalue weighted by molar-refractivity contribution is 5.16. The summed E-state index contributed by atoms with van der Waals surface area (Å²) in [6.07, 6.45) is 1.93. The van der Waals surface area contributed by atoms with E-state index < -0.39 is 0 Å². The molecule has 6 heteroatoms. The highest BCUT2D eigenvalue weighted by atomic mass is 19.1. The second-order valence-electron chi connectivity index (χ2n) is 6.74. The Labute approximate surface area is 153 Å². The fourth-order valence-corrected chi connectivity index (χ4v) is 3.30. The monoisotopic (exact) mass is 359 g/mol. The maximum atomic E-state index is 13.3. The minimum Gasteiger partial charge on any atom is -0.383 e. The van der Waals surface area contributed by atoms with Gasteiger partial charge in [0, 0.05) is 65.2 Å². The molecule has 1 aromatic carbocycles. The van der Waals surface area contributed by atoms with Crippen LogP contribution in [-0.4, -0.2) is 54.3 Å². The molecule has 2 heterocycles. The molecule has 0 bridgehead atoms. The zero-order valence-corrected chi connectivity index (χ0v) is 15.2. The van der Waals surface area contributed by atoms with Gasteiger partial charge in [0.05, 0.1) is 6.61 Å². The third-order valence-electron chi connectivity index (χ3n) is 4.75. The highest BCUT2D eigenvalue weighted by Gasteiger charge is 2.17. The number of hydrogen-bond acceptors (Lipinski definition) is 4. The molecule has 3 rings (SSSR count). The van der Waals surface area contributed by atoms with Crippen LogP contribution in [0.4, 0.5) is 4.39 Å². The number of benzene rings is 1. The summed E-state index contributed by atoms with van der Waals surface area (Å²) in [6.45, 7) is 6.57. The van der Waals surface area contributed by atoms with E-state index in [1.807, 2.05) is 18.3 Å². The smallest absolute Gasteiger partial charge is 0.250 e. The van der Waals surface area contributed by atoms with Gasteiger partial charge in [-0.05, 0) is 23.3 Å². The number of hydrogen-bond donors (Lipinski definition) is 0. The molecule has 5 nitrogen and oxygen atoms in total. The Balaban J connectivity index is 1.51. The van der Waals surface area contributed by atoms with Crippen LogP contribution >= 0.6 is 0 Å². The topological polar surface area (TPSA) is 37.7 Å². The van der Waals surface area contributed by atoms with Crippen molar-refractivity contribution < 1.29 is 9.13 Å². The first-order valence-electron chi connectivity index (χ1n) is 9.01. The summed E-state index contributed by atoms with van der Waals surface area (Å²) in [5, 5.41) is 0. The van der Waals surface area contributed by atoms with Crippen molar-refractivity contribution in [1.29, 1.82) is 0 Å². The standard InChI is InChI=1S/C20H26FN3O2/c1-26-12-11-24-16-18(5-6-20(24)25)15-23-9-7-22(8-10-23)14-17-3-2-4-19(21)13-17/h2-6,13,16H,7-12,14-15H2,1H3. The Morgan fingerprint density at radius 1 is 1.00 bits per heavy atom. The zero-order valence-electron chi connectivity index (χ0n) is 15.2. The third kappa shape index (κ3) is 5.24. The van der Waals surface area contributed by atoms with Crippen molar-refractivity contribution in [3.63, 3.8) is 0 Å². The molecule has 0 amide bonds. The molecule has 0 atom stereocenters. The second-order valence-corrected chi connectivity index (χ2v) is 6.74. The van der Waals surface area contributed by atoms with Crippen LogP contribution in [0.2, 0.25) is 0 Å². The van der Waals surface area contributed by atoms with Gasteiger partial charge >= 0.3 is 0 Å². The zero-order chi connectivity index (χ0) is 18.4. The molecule has 0 N–H and O–H groups in total. The average Bonchev–Trinajstić information content (AvgIpc) is 2.64. The van der Waals surface area contributed by atoms with Crippen LogP contribution in [-0.2, 0) is 24.4 Å². The number of rotatable bonds is 7. The van der Waals surface area contributed by atoms with Gasteiger partial charge in [-0.25, -0.2) is 4.39 Å². The Bertz CT molecular complexity index is 770. The molecule has 1 aromatic heterocycles. The SMILES string of the molecule is COCCn1cc(CN2CCN(Cc3cccc(F)c3)CC2)ccc1=O. The molecule has 26 heavy (non-hydrogen) atoms. The van der Waals surface area contributed by atoms with Crippen molar-refractivity contribution in [2.24, 2.45) is 0 Å². The van der Waals surface area contributed by atoms with Crippen LogP contribution in [0.5, 0.6) is 0 Å². The summed E-state index contributed by atoms with van der Waals surface area (Å²) in [4.78, 5) is 16.6. The van der Waals surface area contributed by atoms with Crippen molar-refractivity contribution >= 4 is 0 Å². The lowest BCUT2D eigenvalue weighted by molar-refractivity contribution is 0.121. The fraction of sp³-hybridized carbons (Fsp3) is 0.450. The van der Waals surface area contributed by atoms with E-state index in [-0.39, 0.29) is 11.4 Å². The van der Waals surface area contributed by atoms with E-state index in [0.29, 0.717) is 13.2 Å². The minimum atomic E-state index is -0.176. The van der Waals surface area contributed by atoms with Crippen molar-refractivity contribution in [2.45, 2.75) is 19.6 Å². The molecule has 0 unspecified atom stereocenters. The Hall–Kier alpha value is -2.02. The average molecular weight is 359 g/mol. The predicted molar refractivity (Wildman–Crippen MR) is 99.5 cm³/mol. The molecule has 1 aliphatic rings. The van der Waals surface area contributed by atoms with Crippen molar-refractivity contribution in [2.75, 3.05) is 39.9 Å². The van der Waals surface area contributed by atoms with Gasteiger partial charge in [0.15, 0.2) is 0 Å². The Morgan fingerprint density at radius 3 is 2.35 bits per heavy atom. The van der Waals surface area contributed by atoms with Gasteiger partial charge in [-0.1, -0.05) is 18.2 Å². The van der Waals surface area contributed by atoms with Crippen LogP contribution in [0.15, 0.2) is 47.4 Å². The Morgan fingerprint density at radius 2 is 1.69 bits per heavy atom. The Kier molecular flexibility index (Phi) is 6.55. The lowest BCUT2D eigenvalue weighted by atomic mass is 10.2. The maximum Gasteiger partial charge on any atom is 0.250 e. The van der Waals surface area contributed by atoms with E-state index in [1.165, 1.54) is 6.07 Å². The third-order valence-corrected chi connectivity index (χ3v) is 4.75. The van der Waals surface area contributed by atoms with E-state index in [1.54, 1.807) is 29.9 Å². The van der Waals surface area contributed by atoms with Crippen molar-refractivity contribution in [3.05, 3.63) is 69.9 Å². The maximum absolute atomic E-state index is 13.3. The van der Waals surface area contributed by atoms with Gasteiger partial charge < -0.3 is 9.30 Å². The molecule has 0 aliphatic carbocycles. The summed E-state index contributed by atoms with van der Waals surface area (Å²) in [7, 11) is 1.64. The molecular formula is C20H26FN3O2. The number of pyridine rings is 1. The molecule has 140 valence electrons. The van der Waals surface area contributed by atoms with Crippen molar-refractivity contribution in [3.8, 4) is 0 Å². The van der Waals surface area contributed by atoms with Crippen LogP contribution < -0.4 is 5.56 Å². The number of halogens is 1. The summed E-state index contributed by atoms with van der Waals surface area (Å²) in [5.41, 5.74) is 2.16. The molecule has 1 fully saturated rings. The minimum absolute atomic E-state index is 0.00529. The van der Waals surface area contributed by atoms with E-state index in [0.717, 1.165) is 50.4 Å². The van der Waals surface area contributed by atoms with Gasteiger partial charge in [-0.3, -0.25) is 14.6 Å². The largest absolute Gasteiger partial charge is 0.383 e. The van der Waals surface area contributed by atoms with Crippen molar-refractivity contribution in [1.82, 2.24) is 14.4 Å². The van der Waals surface area contributed by atoms with Crippen LogP contribution in [0.25, 0.3) is 0 Å². The van der Waals surface area contributed by atoms with Crippen LogP contribution in [0.3, 0.4) is 0 Å². The van der Waals surface area contributed by atoms with E-state index in [9.17, 15) is 9.18 Å². The van der Waals surface area contributed by atoms with Gasteiger partial charge in [-0.15, -0.1) is 0 Å². The van der Waals surface area contributed by atoms with E-state index in [4.69, 9.17) is 4.74 Å². The summed E-state index contributed by atoms with van der Waals surface area (Å²) in [6, 6.07) is 10.4. The molecule has 0 spiro atoms. The molecule has 0 radical (unpaired) electrons. The number of nitrogens with zero attached hydrogens (tertiary/aromatic N) is 3. The van der Waals surface area contributed by atoms with Gasteiger partial charge in [0.25, 0.3) is 5.56 Å². The number of aromatic nitrogens is 1. The fourth-order valence-electron chi connectivity index (χ4n) is 3.30. The first-order chi connectivity index (χ1) is 12.6. The van der Waals surface area contributed by atoms with Crippen LogP contribution in [0.1, 0.15) is 11.1 Å². The normalized spacial score (nSPS) is 16.1. The summed E-state index contributed by atoms with van der Waals surface area (Å²) in [5.74, 6) is -0.176. The van der Waals surface area contributed by atoms with Crippen LogP contribution in [0, 0.1) is 5.82 Å². The number of ether oxygens (including phenoxy) is 1. The lowest BCUT2D eigenvalue weighted by Crippen LogP contribution is -2.45. The van der Waals surface area contributed by atoms with Gasteiger partial charge in [0.2, 0.25) is 0 Å². The molecule has 1 saturated heterocycles. The first kappa shape index (κ1) is 18.8. The quantitative estimate of drug-likeness (QED) is 0.757. The molecule has 2 aromatic rings. The lowest BCUT2D eigenvalue weighted by Gasteiger charge is -2.34. The number of methoxy groups -OCH3 is 1.